The van der Waals surface area contributed by atoms with E-state index in [9.17, 15) is 0 Å². The highest BCUT2D eigenvalue weighted by Crippen LogP contribution is 2.31. The van der Waals surface area contributed by atoms with E-state index in [0.29, 0.717) is 10.9 Å². The van der Waals surface area contributed by atoms with E-state index in [0.717, 1.165) is 34.8 Å². The number of aromatic nitrogens is 2. The maximum absolute atomic E-state index is 6.05. The summed E-state index contributed by atoms with van der Waals surface area (Å²) in [5.74, 6) is 1.30. The van der Waals surface area contributed by atoms with Crippen molar-refractivity contribution in [3.63, 3.8) is 0 Å². The van der Waals surface area contributed by atoms with Gasteiger partial charge in [0.1, 0.15) is 5.75 Å². The van der Waals surface area contributed by atoms with Gasteiger partial charge in [0.05, 0.1) is 17.7 Å². The van der Waals surface area contributed by atoms with Crippen molar-refractivity contribution in [2.45, 2.75) is 20.8 Å². The first-order valence-electron chi connectivity index (χ1n) is 8.81. The molecule has 0 aliphatic rings. The van der Waals surface area contributed by atoms with Gasteiger partial charge in [0.25, 0.3) is 0 Å². The normalized spacial score (nSPS) is 11.1. The number of hydrogen-bond acceptors (Lipinski definition) is 3. The maximum Gasteiger partial charge on any atom is 0.238 e. The molecule has 0 fully saturated rings. The largest absolute Gasteiger partial charge is 0.437 e. The smallest absolute Gasteiger partial charge is 0.238 e. The molecule has 140 valence electrons. The van der Waals surface area contributed by atoms with Crippen molar-refractivity contribution >= 4 is 23.6 Å². The van der Waals surface area contributed by atoms with Crippen LogP contribution in [0, 0.1) is 13.8 Å². The Hall–Kier alpha value is -2.79. The molecule has 0 saturated carbocycles. The fourth-order valence-electron chi connectivity index (χ4n) is 2.50. The highest BCUT2D eigenvalue weighted by Gasteiger charge is 2.09. The van der Waals surface area contributed by atoms with Gasteiger partial charge in [-0.1, -0.05) is 17.7 Å². The van der Waals surface area contributed by atoms with E-state index in [-0.39, 0.29) is 0 Å². The molecule has 3 rings (SSSR count). The second-order valence-corrected chi connectivity index (χ2v) is 6.84. The average Bonchev–Trinajstić information content (AvgIpc) is 3.11. The predicted molar refractivity (Wildman–Crippen MR) is 111 cm³/mol. The van der Waals surface area contributed by atoms with Crippen LogP contribution in [0.25, 0.3) is 5.69 Å². The van der Waals surface area contributed by atoms with Crippen LogP contribution in [0.4, 0.5) is 5.69 Å². The second-order valence-electron chi connectivity index (χ2n) is 6.40. The van der Waals surface area contributed by atoms with Crippen LogP contribution in [0.1, 0.15) is 18.1 Å². The molecular formula is C21H23ClN4O. The topological polar surface area (TPSA) is 42.6 Å². The summed E-state index contributed by atoms with van der Waals surface area (Å²) in [5.41, 5.74) is 3.87. The highest BCUT2D eigenvalue weighted by atomic mass is 35.5. The molecule has 0 aliphatic heterocycles. The molecule has 0 amide bonds. The van der Waals surface area contributed by atoms with Crippen LogP contribution in [0.3, 0.4) is 0 Å². The lowest BCUT2D eigenvalue weighted by Gasteiger charge is -2.11. The summed E-state index contributed by atoms with van der Waals surface area (Å²) in [7, 11) is 2.00. The third-order valence-electron chi connectivity index (χ3n) is 4.24. The van der Waals surface area contributed by atoms with Crippen molar-refractivity contribution in [1.29, 1.82) is 0 Å². The lowest BCUT2D eigenvalue weighted by molar-refractivity contribution is 0.454. The first kappa shape index (κ1) is 19.0. The molecular weight excluding hydrogens is 360 g/mol. The number of aryl methyl sites for hydroxylation is 2. The summed E-state index contributed by atoms with van der Waals surface area (Å²) in [6, 6.07) is 13.4. The van der Waals surface area contributed by atoms with Gasteiger partial charge in [-0.05, 0) is 62.2 Å². The summed E-state index contributed by atoms with van der Waals surface area (Å²) >= 11 is 6.05. The van der Waals surface area contributed by atoms with E-state index < -0.39 is 0 Å². The number of benzene rings is 2. The molecule has 0 atom stereocenters. The fraction of sp³-hybridized carbons (Fsp3) is 0.238. The summed E-state index contributed by atoms with van der Waals surface area (Å²) in [4.78, 5) is 6.58. The zero-order valence-corrected chi connectivity index (χ0v) is 16.7. The Balaban J connectivity index is 1.80. The molecule has 3 aromatic rings. The van der Waals surface area contributed by atoms with Gasteiger partial charge in [0.15, 0.2) is 0 Å². The minimum absolute atomic E-state index is 0.527. The molecule has 1 aromatic heterocycles. The minimum Gasteiger partial charge on any atom is -0.437 e. The van der Waals surface area contributed by atoms with E-state index >= 15 is 0 Å². The highest BCUT2D eigenvalue weighted by molar-refractivity contribution is 6.30. The van der Waals surface area contributed by atoms with Gasteiger partial charge in [-0.3, -0.25) is 0 Å². The van der Waals surface area contributed by atoms with E-state index in [1.54, 1.807) is 4.68 Å². The fourth-order valence-corrected chi connectivity index (χ4v) is 2.69. The van der Waals surface area contributed by atoms with Crippen molar-refractivity contribution in [3.05, 3.63) is 64.8 Å². The van der Waals surface area contributed by atoms with E-state index in [1.165, 1.54) is 0 Å². The maximum atomic E-state index is 6.05. The van der Waals surface area contributed by atoms with Crippen LogP contribution in [0.5, 0.6) is 11.6 Å². The lowest BCUT2D eigenvalue weighted by Crippen LogP contribution is -2.14. The lowest BCUT2D eigenvalue weighted by atomic mass is 10.1. The zero-order chi connectivity index (χ0) is 19.4. The van der Waals surface area contributed by atoms with Crippen LogP contribution in [-0.2, 0) is 0 Å². The Morgan fingerprint density at radius 1 is 1.19 bits per heavy atom. The summed E-state index contributed by atoms with van der Waals surface area (Å²) in [6.45, 7) is 7.03. The molecule has 5 nitrogen and oxygen atoms in total. The molecule has 6 heteroatoms. The van der Waals surface area contributed by atoms with Crippen molar-refractivity contribution in [3.8, 4) is 17.3 Å². The standard InChI is InChI=1S/C21H23ClN4O/c1-5-25(4)14-23-19-11-16(3)20(12-15(19)2)27-21-9-10-26(24-21)18-8-6-7-17(22)13-18/h6-14H,5H2,1-4H3/b23-14+. The number of hydrogen-bond donors (Lipinski definition) is 0. The van der Waals surface area contributed by atoms with Crippen molar-refractivity contribution in [2.24, 2.45) is 4.99 Å². The van der Waals surface area contributed by atoms with Crippen LogP contribution in [0.15, 0.2) is 53.7 Å². The molecule has 0 unspecified atom stereocenters. The molecule has 0 spiro atoms. The zero-order valence-electron chi connectivity index (χ0n) is 16.0. The molecule has 0 N–H and O–H groups in total. The monoisotopic (exact) mass is 382 g/mol. The number of halogens is 1. The molecule has 1 heterocycles. The molecule has 2 aromatic carbocycles. The van der Waals surface area contributed by atoms with Crippen LogP contribution in [-0.4, -0.2) is 34.6 Å². The number of ether oxygens (including phenoxy) is 1. The van der Waals surface area contributed by atoms with Gasteiger partial charge < -0.3 is 9.64 Å². The number of nitrogens with zero attached hydrogens (tertiary/aromatic N) is 4. The third-order valence-corrected chi connectivity index (χ3v) is 4.47. The van der Waals surface area contributed by atoms with Crippen molar-refractivity contribution in [1.82, 2.24) is 14.7 Å². The molecule has 0 radical (unpaired) electrons. The first-order chi connectivity index (χ1) is 13.0. The molecule has 0 saturated heterocycles. The van der Waals surface area contributed by atoms with E-state index in [1.807, 2.05) is 80.8 Å². The van der Waals surface area contributed by atoms with E-state index in [4.69, 9.17) is 16.3 Å². The Bertz CT molecular complexity index is 965. The van der Waals surface area contributed by atoms with Gasteiger partial charge in [0, 0.05) is 30.9 Å². The SMILES string of the molecule is CCN(C)/C=N/c1cc(C)c(Oc2ccn(-c3cccc(Cl)c3)n2)cc1C. The van der Waals surface area contributed by atoms with E-state index in [2.05, 4.69) is 17.0 Å². The molecule has 0 bridgehead atoms. The van der Waals surface area contributed by atoms with Gasteiger partial charge in [-0.15, -0.1) is 5.10 Å². The second kappa shape index (κ2) is 8.27. The Labute approximate surface area is 164 Å². The Morgan fingerprint density at radius 3 is 2.74 bits per heavy atom. The first-order valence-corrected chi connectivity index (χ1v) is 9.19. The van der Waals surface area contributed by atoms with Gasteiger partial charge in [-0.2, -0.15) is 0 Å². The Morgan fingerprint density at radius 2 is 2.00 bits per heavy atom. The third kappa shape index (κ3) is 4.68. The Kier molecular flexibility index (Phi) is 5.81. The number of rotatable bonds is 6. The van der Waals surface area contributed by atoms with Crippen LogP contribution < -0.4 is 4.74 Å². The molecule has 0 aliphatic carbocycles. The predicted octanol–water partition coefficient (Wildman–Crippen LogP) is 5.55. The minimum atomic E-state index is 0.527. The van der Waals surface area contributed by atoms with Crippen molar-refractivity contribution in [2.75, 3.05) is 13.6 Å². The van der Waals surface area contributed by atoms with Crippen molar-refractivity contribution < 1.29 is 4.74 Å². The quantitative estimate of drug-likeness (QED) is 0.415. The van der Waals surface area contributed by atoms with Gasteiger partial charge >= 0.3 is 0 Å². The van der Waals surface area contributed by atoms with Crippen LogP contribution in [0.2, 0.25) is 5.02 Å². The number of aliphatic imine (C=N–C) groups is 1. The average molecular weight is 383 g/mol. The van der Waals surface area contributed by atoms with Gasteiger partial charge in [-0.25, -0.2) is 9.67 Å². The molecule has 27 heavy (non-hydrogen) atoms. The summed E-state index contributed by atoms with van der Waals surface area (Å²) in [6.07, 6.45) is 3.69. The summed E-state index contributed by atoms with van der Waals surface area (Å²) < 4.78 is 7.74. The summed E-state index contributed by atoms with van der Waals surface area (Å²) in [5, 5.41) is 5.15. The van der Waals surface area contributed by atoms with Crippen LogP contribution >= 0.6 is 11.6 Å². The van der Waals surface area contributed by atoms with Gasteiger partial charge in [0.2, 0.25) is 5.88 Å².